The topological polar surface area (TPSA) is 95.9 Å². The van der Waals surface area contributed by atoms with Crippen molar-refractivity contribution in [1.82, 2.24) is 5.32 Å². The van der Waals surface area contributed by atoms with Crippen LogP contribution in [0.25, 0.3) is 0 Å². The second-order valence-corrected chi connectivity index (χ2v) is 24.9. The van der Waals surface area contributed by atoms with Gasteiger partial charge in [0, 0.05) is 12.8 Å². The molecule has 0 rings (SSSR count). The molecule has 0 bridgehead atoms. The van der Waals surface area contributed by atoms with Gasteiger partial charge in [0.25, 0.3) is 0 Å². The highest BCUT2D eigenvalue weighted by Gasteiger charge is 2.18. The van der Waals surface area contributed by atoms with Crippen LogP contribution >= 0.6 is 0 Å². The average Bonchev–Trinajstić information content (AvgIpc) is 3.46. The van der Waals surface area contributed by atoms with E-state index in [1.165, 1.54) is 321 Å². The number of ether oxygens (including phenoxy) is 1. The number of carbonyl (C=O) groups excluding carboxylic acids is 2. The molecule has 0 aromatic heterocycles. The second kappa shape index (κ2) is 69.6. The normalized spacial score (nSPS) is 12.7. The van der Waals surface area contributed by atoms with Crippen LogP contribution in [0.2, 0.25) is 0 Å². The van der Waals surface area contributed by atoms with Crippen molar-refractivity contribution in [3.63, 3.8) is 0 Å². The zero-order valence-electron chi connectivity index (χ0n) is 54.1. The third-order valence-electron chi connectivity index (χ3n) is 16.9. The fourth-order valence-corrected chi connectivity index (χ4v) is 11.4. The molecule has 0 spiro atoms. The van der Waals surface area contributed by atoms with E-state index in [1.54, 1.807) is 6.08 Å². The minimum atomic E-state index is -0.844. The lowest BCUT2D eigenvalue weighted by Crippen LogP contribution is -2.45. The minimum absolute atomic E-state index is 0.00348. The van der Waals surface area contributed by atoms with E-state index in [1.807, 2.05) is 6.08 Å². The van der Waals surface area contributed by atoms with Crippen molar-refractivity contribution in [1.29, 1.82) is 0 Å². The molecule has 0 saturated heterocycles. The molecule has 2 unspecified atom stereocenters. The Morgan fingerprint density at radius 3 is 1.00 bits per heavy atom. The van der Waals surface area contributed by atoms with Crippen LogP contribution in [0.5, 0.6) is 0 Å². The number of nitrogens with one attached hydrogen (secondary N) is 1. The van der Waals surface area contributed by atoms with Gasteiger partial charge in [-0.05, 0) is 57.8 Å². The number of hydrogen-bond acceptors (Lipinski definition) is 5. The van der Waals surface area contributed by atoms with Crippen molar-refractivity contribution >= 4 is 11.9 Å². The fraction of sp³-hybridized carbons (Fsp3) is 0.892. The summed E-state index contributed by atoms with van der Waals surface area (Å²) in [5.74, 6) is -0.0574. The van der Waals surface area contributed by atoms with Crippen LogP contribution in [0.3, 0.4) is 0 Å². The van der Waals surface area contributed by atoms with Crippen LogP contribution in [-0.4, -0.2) is 47.4 Å². The molecule has 1 amide bonds. The molecule has 0 aliphatic rings. The first kappa shape index (κ1) is 78.1. The van der Waals surface area contributed by atoms with E-state index in [9.17, 15) is 19.8 Å². The monoisotopic (exact) mass is 1120 g/mol. The van der Waals surface area contributed by atoms with Gasteiger partial charge in [-0.2, -0.15) is 0 Å². The molecule has 0 heterocycles. The Bertz CT molecular complexity index is 1300. The Labute approximate surface area is 500 Å². The number of rotatable bonds is 68. The summed E-state index contributed by atoms with van der Waals surface area (Å²) in [5, 5.41) is 23.3. The lowest BCUT2D eigenvalue weighted by Gasteiger charge is -2.20. The van der Waals surface area contributed by atoms with Gasteiger partial charge in [-0.15, -0.1) is 0 Å². The first-order chi connectivity index (χ1) is 39.5. The Kier molecular flexibility index (Phi) is 67.9. The first-order valence-corrected chi connectivity index (χ1v) is 36.3. The number of hydrogen-bond donors (Lipinski definition) is 3. The summed E-state index contributed by atoms with van der Waals surface area (Å²) in [6.45, 7) is 4.87. The summed E-state index contributed by atoms with van der Waals surface area (Å²) in [4.78, 5) is 24.6. The SMILES string of the molecule is CCC/C=C\C/C=C\CCCCCCCC(=O)OCCCCCCCCCCCCCCCCCCCCCCCCCCCCCCC(=O)NC(CO)C(O)/C=C/CCCCCCCCCCCCCCCCCCCCCC. The minimum Gasteiger partial charge on any atom is -0.466 e. The highest BCUT2D eigenvalue weighted by Crippen LogP contribution is 2.19. The Hall–Kier alpha value is -1.92. The lowest BCUT2D eigenvalue weighted by molar-refractivity contribution is -0.143. The third kappa shape index (κ3) is 65.2. The number of unbranched alkanes of at least 4 members (excludes halogenated alkanes) is 53. The molecule has 6 heteroatoms. The number of carbonyl (C=O) groups is 2. The van der Waals surface area contributed by atoms with E-state index in [2.05, 4.69) is 43.5 Å². The maximum atomic E-state index is 12.5. The molecular formula is C74H141NO5. The van der Waals surface area contributed by atoms with Crippen LogP contribution in [-0.2, 0) is 14.3 Å². The second-order valence-electron chi connectivity index (χ2n) is 24.9. The van der Waals surface area contributed by atoms with Crippen LogP contribution in [0.1, 0.15) is 399 Å². The highest BCUT2D eigenvalue weighted by molar-refractivity contribution is 5.76. The molecule has 3 N–H and O–H groups in total. The fourth-order valence-electron chi connectivity index (χ4n) is 11.4. The van der Waals surface area contributed by atoms with Gasteiger partial charge in [0.1, 0.15) is 0 Å². The molecule has 0 aromatic rings. The van der Waals surface area contributed by atoms with Crippen molar-refractivity contribution in [3.8, 4) is 0 Å². The molecule has 0 aliphatic carbocycles. The van der Waals surface area contributed by atoms with Crippen molar-refractivity contribution in [2.75, 3.05) is 13.2 Å². The van der Waals surface area contributed by atoms with Gasteiger partial charge >= 0.3 is 5.97 Å². The maximum absolute atomic E-state index is 12.5. The molecular weight excluding hydrogens is 983 g/mol. The summed E-state index contributed by atoms with van der Waals surface area (Å²) in [7, 11) is 0. The van der Waals surface area contributed by atoms with Crippen molar-refractivity contribution in [2.24, 2.45) is 0 Å². The largest absolute Gasteiger partial charge is 0.466 e. The predicted octanol–water partition coefficient (Wildman–Crippen LogP) is 23.5. The van der Waals surface area contributed by atoms with Crippen molar-refractivity contribution in [3.05, 3.63) is 36.5 Å². The number of esters is 1. The maximum Gasteiger partial charge on any atom is 0.305 e. The number of allylic oxidation sites excluding steroid dienone is 5. The van der Waals surface area contributed by atoms with Crippen molar-refractivity contribution in [2.45, 2.75) is 411 Å². The number of aliphatic hydroxyl groups is 2. The van der Waals surface area contributed by atoms with Crippen LogP contribution < -0.4 is 5.32 Å². The molecule has 0 saturated carbocycles. The van der Waals surface area contributed by atoms with Gasteiger partial charge in [0.05, 0.1) is 25.4 Å². The summed E-state index contributed by atoms with van der Waals surface area (Å²) in [6.07, 6.45) is 89.5. The van der Waals surface area contributed by atoms with Gasteiger partial charge in [0.2, 0.25) is 5.91 Å². The molecule has 472 valence electrons. The van der Waals surface area contributed by atoms with E-state index in [-0.39, 0.29) is 18.5 Å². The zero-order valence-corrected chi connectivity index (χ0v) is 54.1. The lowest BCUT2D eigenvalue weighted by atomic mass is 10.0. The molecule has 0 aromatic carbocycles. The summed E-state index contributed by atoms with van der Waals surface area (Å²) in [6, 6.07) is -0.627. The van der Waals surface area contributed by atoms with Gasteiger partial charge in [-0.25, -0.2) is 0 Å². The van der Waals surface area contributed by atoms with E-state index in [0.29, 0.717) is 19.4 Å². The zero-order chi connectivity index (χ0) is 57.8. The van der Waals surface area contributed by atoms with Gasteiger partial charge in [-0.3, -0.25) is 9.59 Å². The molecule has 80 heavy (non-hydrogen) atoms. The smallest absolute Gasteiger partial charge is 0.305 e. The van der Waals surface area contributed by atoms with Gasteiger partial charge < -0.3 is 20.3 Å². The first-order valence-electron chi connectivity index (χ1n) is 36.3. The van der Waals surface area contributed by atoms with E-state index in [4.69, 9.17) is 4.74 Å². The third-order valence-corrected chi connectivity index (χ3v) is 16.9. The molecule has 0 radical (unpaired) electrons. The van der Waals surface area contributed by atoms with Crippen molar-refractivity contribution < 1.29 is 24.5 Å². The van der Waals surface area contributed by atoms with E-state index >= 15 is 0 Å². The average molecular weight is 1120 g/mol. The van der Waals surface area contributed by atoms with Crippen LogP contribution in [0, 0.1) is 0 Å². The quantitative estimate of drug-likeness (QED) is 0.0320. The van der Waals surface area contributed by atoms with E-state index < -0.39 is 12.1 Å². The Balaban J connectivity index is 3.38. The van der Waals surface area contributed by atoms with Gasteiger partial charge in [0.15, 0.2) is 0 Å². The number of amides is 1. The van der Waals surface area contributed by atoms with Crippen LogP contribution in [0.4, 0.5) is 0 Å². The molecule has 0 fully saturated rings. The number of aliphatic hydroxyl groups excluding tert-OH is 2. The molecule has 2 atom stereocenters. The van der Waals surface area contributed by atoms with Gasteiger partial charge in [-0.1, -0.05) is 365 Å². The Morgan fingerprint density at radius 1 is 0.350 bits per heavy atom. The predicted molar refractivity (Wildman–Crippen MR) is 352 cm³/mol. The van der Waals surface area contributed by atoms with Crippen LogP contribution in [0.15, 0.2) is 36.5 Å². The summed E-state index contributed by atoms with van der Waals surface area (Å²) < 4.78 is 5.48. The standard InChI is InChI=1S/C74H141NO5/c1-3-5-7-9-11-13-15-17-18-19-20-21-30-33-36-39-43-46-50-54-58-62-66-72(77)71(70-76)75-73(78)67-63-59-55-51-47-44-40-37-34-31-28-26-24-22-23-25-27-29-32-35-38-41-45-49-53-57-61-65-69-80-74(79)68-64-60-56-52-48-42-16-14-12-10-8-6-4-2/h8,10,14,16,62,66,71-72,76-77H,3-7,9,11-13,15,17-61,63-65,67-70H2,1-2H3,(H,75,78)/b10-8-,16-14-,66-62+. The summed E-state index contributed by atoms with van der Waals surface area (Å²) in [5.41, 5.74) is 0. The molecule has 0 aliphatic heterocycles. The van der Waals surface area contributed by atoms with E-state index in [0.717, 1.165) is 51.4 Å². The highest BCUT2D eigenvalue weighted by atomic mass is 16.5. The summed E-state index contributed by atoms with van der Waals surface area (Å²) >= 11 is 0. The molecule has 6 nitrogen and oxygen atoms in total. The Morgan fingerprint density at radius 2 is 0.650 bits per heavy atom.